The van der Waals surface area contributed by atoms with E-state index in [2.05, 4.69) is 50.3 Å². The Hall–Kier alpha value is -2.03. The molecule has 0 aromatic carbocycles. The van der Waals surface area contributed by atoms with Crippen molar-refractivity contribution in [3.63, 3.8) is 0 Å². The van der Waals surface area contributed by atoms with Gasteiger partial charge in [-0.2, -0.15) is 0 Å². The van der Waals surface area contributed by atoms with Crippen molar-refractivity contribution in [3.05, 3.63) is 48.6 Å². The first-order chi connectivity index (χ1) is 29.8. The van der Waals surface area contributed by atoms with E-state index in [0.29, 0.717) is 6.42 Å². The summed E-state index contributed by atoms with van der Waals surface area (Å²) < 4.78 is 32.7. The summed E-state index contributed by atoms with van der Waals surface area (Å²) in [5.74, 6) is -0.916. The smallest absolute Gasteiger partial charge is 0.462 e. The molecule has 0 aliphatic heterocycles. The first-order valence-corrected chi connectivity index (χ1v) is 26.6. The second-order valence-corrected chi connectivity index (χ2v) is 18.1. The first-order valence-electron chi connectivity index (χ1n) is 25.1. The van der Waals surface area contributed by atoms with Crippen LogP contribution in [0.3, 0.4) is 0 Å². The highest BCUT2D eigenvalue weighted by Gasteiger charge is 2.25. The van der Waals surface area contributed by atoms with Gasteiger partial charge in [0.25, 0.3) is 0 Å². The minimum Gasteiger partial charge on any atom is -0.462 e. The number of esters is 2. The van der Waals surface area contributed by atoms with Gasteiger partial charge in [0.2, 0.25) is 0 Å². The van der Waals surface area contributed by atoms with Crippen LogP contribution in [0.25, 0.3) is 0 Å². The van der Waals surface area contributed by atoms with Crippen LogP contribution in [0.1, 0.15) is 232 Å². The highest BCUT2D eigenvalue weighted by atomic mass is 31.2. The van der Waals surface area contributed by atoms with Gasteiger partial charge in [0, 0.05) is 19.4 Å². The number of hydrogen-bond donors (Lipinski definition) is 2. The van der Waals surface area contributed by atoms with Gasteiger partial charge < -0.3 is 20.1 Å². The summed E-state index contributed by atoms with van der Waals surface area (Å²) in [7, 11) is -4.40. The van der Waals surface area contributed by atoms with Crippen LogP contribution in [0.2, 0.25) is 0 Å². The van der Waals surface area contributed by atoms with E-state index in [1.165, 1.54) is 154 Å². The van der Waals surface area contributed by atoms with Gasteiger partial charge in [-0.15, -0.1) is 0 Å². The monoisotopic (exact) mass is 880 g/mol. The third kappa shape index (κ3) is 47.3. The number of allylic oxidation sites excluding steroid dienone is 8. The minimum absolute atomic E-state index is 0.0426. The Kier molecular flexibility index (Phi) is 45.9. The van der Waals surface area contributed by atoms with Gasteiger partial charge in [-0.25, -0.2) is 4.57 Å². The summed E-state index contributed by atoms with van der Waals surface area (Å²) in [6.07, 6.45) is 56.3. The van der Waals surface area contributed by atoms with Crippen molar-refractivity contribution in [2.24, 2.45) is 5.73 Å². The van der Waals surface area contributed by atoms with Crippen LogP contribution in [-0.2, 0) is 32.7 Å². The fourth-order valence-electron chi connectivity index (χ4n) is 7.06. The van der Waals surface area contributed by atoms with Crippen LogP contribution in [-0.4, -0.2) is 49.3 Å². The number of carbonyl (C=O) groups is 2. The Morgan fingerprint density at radius 1 is 0.508 bits per heavy atom. The molecule has 0 rings (SSSR count). The maximum absolute atomic E-state index is 12.5. The van der Waals surface area contributed by atoms with E-state index in [4.69, 9.17) is 24.3 Å². The zero-order chi connectivity index (χ0) is 44.6. The number of unbranched alkanes of at least 4 members (excludes halogenated alkanes) is 26. The van der Waals surface area contributed by atoms with Gasteiger partial charge in [0.15, 0.2) is 6.10 Å². The summed E-state index contributed by atoms with van der Waals surface area (Å²) in [6.45, 7) is 3.56. The Balaban J connectivity index is 3.96. The molecule has 3 N–H and O–H groups in total. The Morgan fingerprint density at radius 3 is 1.31 bits per heavy atom. The lowest BCUT2D eigenvalue weighted by Gasteiger charge is -2.19. The second kappa shape index (κ2) is 47.4. The molecule has 0 heterocycles. The van der Waals surface area contributed by atoms with Crippen molar-refractivity contribution in [2.45, 2.75) is 238 Å². The SMILES string of the molecule is CC/C=C\C/C=C\C/C=C\C/C=C\CCC(=O)OC(COC(=O)CCCCCCCCCCCCCCCCCCCCCCCCCCCCC)COP(=O)(O)OCCN. The van der Waals surface area contributed by atoms with Gasteiger partial charge in [-0.3, -0.25) is 18.6 Å². The molecule has 0 radical (unpaired) electrons. The second-order valence-electron chi connectivity index (χ2n) is 16.7. The fourth-order valence-corrected chi connectivity index (χ4v) is 7.83. The molecule has 0 bridgehead atoms. The van der Waals surface area contributed by atoms with Gasteiger partial charge in [0.1, 0.15) is 6.61 Å². The van der Waals surface area contributed by atoms with Crippen molar-refractivity contribution in [1.82, 2.24) is 0 Å². The molecule has 2 unspecified atom stereocenters. The Bertz CT molecular complexity index is 1140. The van der Waals surface area contributed by atoms with Crippen LogP contribution in [0, 0.1) is 0 Å². The molecule has 10 heteroatoms. The zero-order valence-corrected chi connectivity index (χ0v) is 40.3. The molecule has 2 atom stereocenters. The van der Waals surface area contributed by atoms with Gasteiger partial charge >= 0.3 is 19.8 Å². The first kappa shape index (κ1) is 59.0. The van der Waals surface area contributed by atoms with Crippen molar-refractivity contribution in [1.29, 1.82) is 0 Å². The molecule has 0 aliphatic rings. The highest BCUT2D eigenvalue weighted by molar-refractivity contribution is 7.47. The number of phosphoric acid groups is 1. The van der Waals surface area contributed by atoms with Gasteiger partial charge in [0.05, 0.1) is 13.2 Å². The summed E-state index contributed by atoms with van der Waals surface area (Å²) in [5, 5.41) is 0. The summed E-state index contributed by atoms with van der Waals surface area (Å²) in [5.41, 5.74) is 5.35. The van der Waals surface area contributed by atoms with E-state index in [1.54, 1.807) is 0 Å². The third-order valence-electron chi connectivity index (χ3n) is 10.7. The summed E-state index contributed by atoms with van der Waals surface area (Å²) in [6, 6.07) is 0. The number of carbonyl (C=O) groups excluding carboxylic acids is 2. The third-order valence-corrected chi connectivity index (χ3v) is 11.7. The average Bonchev–Trinajstić information content (AvgIpc) is 3.25. The van der Waals surface area contributed by atoms with Crippen LogP contribution < -0.4 is 5.73 Å². The van der Waals surface area contributed by atoms with E-state index in [0.717, 1.165) is 44.9 Å². The van der Waals surface area contributed by atoms with Crippen molar-refractivity contribution in [3.8, 4) is 0 Å². The topological polar surface area (TPSA) is 134 Å². The zero-order valence-electron chi connectivity index (χ0n) is 39.4. The summed E-state index contributed by atoms with van der Waals surface area (Å²) >= 11 is 0. The molecule has 356 valence electrons. The summed E-state index contributed by atoms with van der Waals surface area (Å²) in [4.78, 5) is 34.9. The predicted molar refractivity (Wildman–Crippen MR) is 257 cm³/mol. The number of rotatable bonds is 47. The molecule has 0 aromatic rings. The van der Waals surface area contributed by atoms with Crippen LogP contribution in [0.15, 0.2) is 48.6 Å². The van der Waals surface area contributed by atoms with Crippen molar-refractivity contribution < 1.29 is 37.6 Å². The average molecular weight is 880 g/mol. The molecule has 0 saturated heterocycles. The quantitative estimate of drug-likeness (QED) is 0.0265. The molecule has 0 fully saturated rings. The maximum atomic E-state index is 12.5. The molecular weight excluding hydrogens is 786 g/mol. The van der Waals surface area contributed by atoms with E-state index in [9.17, 15) is 19.0 Å². The molecular formula is C51H94NO8P. The van der Waals surface area contributed by atoms with E-state index < -0.39 is 32.5 Å². The molecule has 0 amide bonds. The largest absolute Gasteiger partial charge is 0.472 e. The highest BCUT2D eigenvalue weighted by Crippen LogP contribution is 2.43. The molecule has 0 saturated carbocycles. The van der Waals surface area contributed by atoms with Crippen LogP contribution >= 0.6 is 7.82 Å². The van der Waals surface area contributed by atoms with Crippen molar-refractivity contribution in [2.75, 3.05) is 26.4 Å². The molecule has 0 aliphatic carbocycles. The number of hydrogen-bond acceptors (Lipinski definition) is 8. The molecule has 0 spiro atoms. The number of ether oxygens (including phenoxy) is 2. The Labute approximate surface area is 375 Å². The maximum Gasteiger partial charge on any atom is 0.472 e. The standard InChI is InChI=1S/C51H94NO8P/c1-3-5-7-9-11-13-15-17-18-19-20-21-22-23-24-25-26-27-28-29-30-32-33-35-37-39-41-43-50(53)57-47-49(48-59-61(55,56)58-46-45-52)60-51(54)44-42-40-38-36-34-31-16-14-12-10-8-6-4-2/h6,8,12,14,31,34,38,40,49H,3-5,7,9-11,13,15-30,32-33,35-37,39,41-48,52H2,1-2H3,(H,55,56)/b8-6-,14-12-,34-31-,40-38-. The normalized spacial score (nSPS) is 13.6. The van der Waals surface area contributed by atoms with E-state index in [-0.39, 0.29) is 32.6 Å². The fraction of sp³-hybridized carbons (Fsp3) is 0.804. The number of phosphoric ester groups is 1. The number of nitrogens with two attached hydrogens (primary N) is 1. The lowest BCUT2D eigenvalue weighted by Crippen LogP contribution is -2.29. The van der Waals surface area contributed by atoms with Crippen LogP contribution in [0.4, 0.5) is 0 Å². The van der Waals surface area contributed by atoms with Gasteiger partial charge in [-0.1, -0.05) is 229 Å². The van der Waals surface area contributed by atoms with E-state index >= 15 is 0 Å². The molecule has 9 nitrogen and oxygen atoms in total. The van der Waals surface area contributed by atoms with Gasteiger partial charge in [-0.05, 0) is 38.5 Å². The predicted octanol–water partition coefficient (Wildman–Crippen LogP) is 15.1. The molecule has 0 aromatic heterocycles. The minimum atomic E-state index is -4.40. The van der Waals surface area contributed by atoms with E-state index in [1.807, 2.05) is 12.2 Å². The lowest BCUT2D eigenvalue weighted by molar-refractivity contribution is -0.161. The van der Waals surface area contributed by atoms with Crippen molar-refractivity contribution >= 4 is 19.8 Å². The molecule has 61 heavy (non-hydrogen) atoms. The lowest BCUT2D eigenvalue weighted by atomic mass is 10.0. The van der Waals surface area contributed by atoms with Crippen LogP contribution in [0.5, 0.6) is 0 Å². The Morgan fingerprint density at radius 2 is 0.902 bits per heavy atom.